The molecule has 4 heteroatoms. The molecular formula is C14H12N2OS. The molecule has 90 valence electrons. The van der Waals surface area contributed by atoms with Gasteiger partial charge in [-0.05, 0) is 30.3 Å². The van der Waals surface area contributed by atoms with Crippen molar-refractivity contribution in [2.75, 3.05) is 6.54 Å². The van der Waals surface area contributed by atoms with Crippen molar-refractivity contribution in [1.82, 2.24) is 4.98 Å². The Bertz CT molecular complexity index is 663. The van der Waals surface area contributed by atoms with Crippen LogP contribution in [0.15, 0.2) is 46.9 Å². The van der Waals surface area contributed by atoms with E-state index in [-0.39, 0.29) is 0 Å². The zero-order valence-electron chi connectivity index (χ0n) is 9.67. The minimum atomic E-state index is 0.511. The lowest BCUT2D eigenvalue weighted by Crippen LogP contribution is -1.91. The molecule has 3 rings (SSSR count). The van der Waals surface area contributed by atoms with Gasteiger partial charge in [-0.15, -0.1) is 11.3 Å². The molecule has 0 aliphatic heterocycles. The van der Waals surface area contributed by atoms with Crippen LogP contribution in [-0.4, -0.2) is 11.5 Å². The Morgan fingerprint density at radius 2 is 2.11 bits per heavy atom. The van der Waals surface area contributed by atoms with E-state index < -0.39 is 0 Å². The number of hydrogen-bond donors (Lipinski definition) is 1. The summed E-state index contributed by atoms with van der Waals surface area (Å²) in [5.74, 6) is 1.60. The predicted molar refractivity (Wildman–Crippen MR) is 75.4 cm³/mol. The van der Waals surface area contributed by atoms with Gasteiger partial charge in [-0.25, -0.2) is 4.98 Å². The average Bonchev–Trinajstić information content (AvgIpc) is 3.02. The van der Waals surface area contributed by atoms with Crippen molar-refractivity contribution in [3.63, 3.8) is 0 Å². The van der Waals surface area contributed by atoms with Crippen molar-refractivity contribution in [2.45, 2.75) is 0 Å². The van der Waals surface area contributed by atoms with Gasteiger partial charge in [0.15, 0.2) is 10.8 Å². The first-order chi connectivity index (χ1) is 8.86. The van der Waals surface area contributed by atoms with Crippen molar-refractivity contribution in [3.05, 3.63) is 48.2 Å². The lowest BCUT2D eigenvalue weighted by molar-refractivity contribution is 0.571. The number of para-hydroxylation sites is 1. The van der Waals surface area contributed by atoms with Crippen LogP contribution in [0.1, 0.15) is 5.76 Å². The van der Waals surface area contributed by atoms with Gasteiger partial charge in [-0.1, -0.05) is 18.2 Å². The predicted octanol–water partition coefficient (Wildman–Crippen LogP) is 3.53. The summed E-state index contributed by atoms with van der Waals surface area (Å²) >= 11 is 1.63. The number of rotatable bonds is 3. The van der Waals surface area contributed by atoms with Gasteiger partial charge < -0.3 is 10.2 Å². The number of thiazole rings is 1. The zero-order valence-corrected chi connectivity index (χ0v) is 10.5. The van der Waals surface area contributed by atoms with Crippen LogP contribution >= 0.6 is 11.3 Å². The van der Waals surface area contributed by atoms with Gasteiger partial charge in [0.25, 0.3) is 0 Å². The van der Waals surface area contributed by atoms with Crippen molar-refractivity contribution >= 4 is 27.6 Å². The molecule has 0 bridgehead atoms. The van der Waals surface area contributed by atoms with Gasteiger partial charge in [0.1, 0.15) is 5.76 Å². The molecule has 0 amide bonds. The molecule has 2 aromatic heterocycles. The van der Waals surface area contributed by atoms with Crippen molar-refractivity contribution in [2.24, 2.45) is 5.73 Å². The van der Waals surface area contributed by atoms with Crippen LogP contribution in [0.4, 0.5) is 0 Å². The summed E-state index contributed by atoms with van der Waals surface area (Å²) in [4.78, 5) is 4.55. The molecule has 0 atom stereocenters. The molecule has 2 N–H and O–H groups in total. The van der Waals surface area contributed by atoms with Gasteiger partial charge in [-0.2, -0.15) is 0 Å². The van der Waals surface area contributed by atoms with Crippen LogP contribution in [0.5, 0.6) is 0 Å². The van der Waals surface area contributed by atoms with Crippen LogP contribution < -0.4 is 5.73 Å². The highest BCUT2D eigenvalue weighted by molar-refractivity contribution is 7.21. The van der Waals surface area contributed by atoms with Crippen LogP contribution in [0.25, 0.3) is 27.1 Å². The third-order valence-electron chi connectivity index (χ3n) is 2.55. The maximum Gasteiger partial charge on any atom is 0.163 e. The SMILES string of the molecule is NCC=Cc1ccc(-c2nc3ccccc3s2)o1. The summed E-state index contributed by atoms with van der Waals surface area (Å²) in [6.45, 7) is 0.511. The summed E-state index contributed by atoms with van der Waals surface area (Å²) in [6, 6.07) is 11.9. The molecule has 3 aromatic rings. The quantitative estimate of drug-likeness (QED) is 0.780. The number of fused-ring (bicyclic) bond motifs is 1. The zero-order chi connectivity index (χ0) is 12.4. The monoisotopic (exact) mass is 256 g/mol. The highest BCUT2D eigenvalue weighted by Crippen LogP contribution is 2.31. The Hall–Kier alpha value is -1.91. The second-order valence-corrected chi connectivity index (χ2v) is 4.86. The molecule has 0 saturated carbocycles. The number of hydrogen-bond acceptors (Lipinski definition) is 4. The molecule has 0 radical (unpaired) electrons. The van der Waals surface area contributed by atoms with E-state index in [1.807, 2.05) is 42.5 Å². The second kappa shape index (κ2) is 4.76. The van der Waals surface area contributed by atoms with Gasteiger partial charge in [-0.3, -0.25) is 0 Å². The molecule has 18 heavy (non-hydrogen) atoms. The summed E-state index contributed by atoms with van der Waals surface area (Å²) in [7, 11) is 0. The van der Waals surface area contributed by atoms with E-state index in [1.54, 1.807) is 11.3 Å². The standard InChI is InChI=1S/C14H12N2OS/c15-9-3-4-10-7-8-12(17-10)14-16-11-5-1-2-6-13(11)18-14/h1-8H,9,15H2. The van der Waals surface area contributed by atoms with Gasteiger partial charge in [0.05, 0.1) is 10.2 Å². The topological polar surface area (TPSA) is 52.0 Å². The minimum absolute atomic E-state index is 0.511. The highest BCUT2D eigenvalue weighted by atomic mass is 32.1. The summed E-state index contributed by atoms with van der Waals surface area (Å²) in [5.41, 5.74) is 6.41. The number of benzene rings is 1. The molecular weight excluding hydrogens is 244 g/mol. The van der Waals surface area contributed by atoms with E-state index in [0.717, 1.165) is 22.0 Å². The van der Waals surface area contributed by atoms with Crippen molar-refractivity contribution in [3.8, 4) is 10.8 Å². The van der Waals surface area contributed by atoms with E-state index in [0.29, 0.717) is 6.54 Å². The molecule has 1 aromatic carbocycles. The molecule has 0 unspecified atom stereocenters. The number of nitrogens with zero attached hydrogens (tertiary/aromatic N) is 1. The van der Waals surface area contributed by atoms with Gasteiger partial charge >= 0.3 is 0 Å². The number of furan rings is 1. The molecule has 2 heterocycles. The molecule has 0 fully saturated rings. The smallest absolute Gasteiger partial charge is 0.163 e. The third-order valence-corrected chi connectivity index (χ3v) is 3.60. The Morgan fingerprint density at radius 3 is 2.94 bits per heavy atom. The minimum Gasteiger partial charge on any atom is -0.454 e. The molecule has 0 saturated heterocycles. The first-order valence-electron chi connectivity index (χ1n) is 5.69. The maximum absolute atomic E-state index is 5.71. The fraction of sp³-hybridized carbons (Fsp3) is 0.0714. The summed E-state index contributed by atoms with van der Waals surface area (Å²) in [6.07, 6.45) is 3.73. The first kappa shape index (κ1) is 11.2. The fourth-order valence-electron chi connectivity index (χ4n) is 1.72. The Kier molecular flexibility index (Phi) is 2.96. The molecule has 0 aliphatic carbocycles. The number of nitrogens with two attached hydrogens (primary N) is 1. The largest absolute Gasteiger partial charge is 0.454 e. The Balaban J connectivity index is 1.98. The van der Waals surface area contributed by atoms with E-state index >= 15 is 0 Å². The maximum atomic E-state index is 5.71. The number of aromatic nitrogens is 1. The van der Waals surface area contributed by atoms with E-state index in [9.17, 15) is 0 Å². The van der Waals surface area contributed by atoms with Crippen molar-refractivity contribution < 1.29 is 4.42 Å². The lowest BCUT2D eigenvalue weighted by atomic mass is 10.3. The van der Waals surface area contributed by atoms with E-state index in [4.69, 9.17) is 10.2 Å². The van der Waals surface area contributed by atoms with Crippen LogP contribution in [-0.2, 0) is 0 Å². The second-order valence-electron chi connectivity index (χ2n) is 3.83. The van der Waals surface area contributed by atoms with Crippen molar-refractivity contribution in [1.29, 1.82) is 0 Å². The van der Waals surface area contributed by atoms with E-state index in [2.05, 4.69) is 11.1 Å². The van der Waals surface area contributed by atoms with Crippen LogP contribution in [0.3, 0.4) is 0 Å². The first-order valence-corrected chi connectivity index (χ1v) is 6.51. The Morgan fingerprint density at radius 1 is 1.22 bits per heavy atom. The normalized spacial score (nSPS) is 11.6. The third kappa shape index (κ3) is 2.08. The molecule has 3 nitrogen and oxygen atoms in total. The van der Waals surface area contributed by atoms with Gasteiger partial charge in [0, 0.05) is 6.54 Å². The highest BCUT2D eigenvalue weighted by Gasteiger charge is 2.09. The van der Waals surface area contributed by atoms with Crippen LogP contribution in [0, 0.1) is 0 Å². The Labute approximate surface area is 109 Å². The summed E-state index contributed by atoms with van der Waals surface area (Å²) < 4.78 is 6.88. The lowest BCUT2D eigenvalue weighted by Gasteiger charge is -1.88. The summed E-state index contributed by atoms with van der Waals surface area (Å²) in [5, 5.41) is 0.906. The van der Waals surface area contributed by atoms with Crippen LogP contribution in [0.2, 0.25) is 0 Å². The average molecular weight is 256 g/mol. The van der Waals surface area contributed by atoms with E-state index in [1.165, 1.54) is 4.70 Å². The molecule has 0 aliphatic rings. The van der Waals surface area contributed by atoms with Gasteiger partial charge in [0.2, 0.25) is 0 Å². The molecule has 0 spiro atoms. The fourth-order valence-corrected chi connectivity index (χ4v) is 2.65.